The minimum Gasteiger partial charge on any atom is -0.445 e. The highest BCUT2D eigenvalue weighted by molar-refractivity contribution is 5.93. The molecule has 1 heterocycles. The predicted octanol–water partition coefficient (Wildman–Crippen LogP) is 2.35. The average molecular weight is 702 g/mol. The fourth-order valence-corrected chi connectivity index (χ4v) is 5.70. The molecular formula is C38H47N5O8. The van der Waals surface area contributed by atoms with E-state index in [0.717, 1.165) is 5.56 Å². The second kappa shape index (κ2) is 18.1. The van der Waals surface area contributed by atoms with Crippen LogP contribution < -0.4 is 21.7 Å². The summed E-state index contributed by atoms with van der Waals surface area (Å²) < 4.78 is 11.3. The quantitative estimate of drug-likeness (QED) is 0.160. The van der Waals surface area contributed by atoms with E-state index >= 15 is 0 Å². The first kappa shape index (κ1) is 38.5. The van der Waals surface area contributed by atoms with Gasteiger partial charge in [0.15, 0.2) is 6.10 Å². The molecule has 1 aliphatic rings. The SMILES string of the molecule is CC(C)(C)NC(=O)[C@@H]1C[C@@H](OCc2ccccc2)CN1C(=O)[C@@H](O)[C@H](Cc1ccccc1)NC(=O)[C@H](CC(N)=O)NC(=O)OCc1ccccc1. The number of hydrogen-bond acceptors (Lipinski definition) is 8. The van der Waals surface area contributed by atoms with Crippen LogP contribution >= 0.6 is 0 Å². The first-order chi connectivity index (χ1) is 24.3. The van der Waals surface area contributed by atoms with E-state index in [9.17, 15) is 29.1 Å². The van der Waals surface area contributed by atoms with Gasteiger partial charge in [-0.3, -0.25) is 19.2 Å². The second-order valence-electron chi connectivity index (χ2n) is 13.6. The van der Waals surface area contributed by atoms with Gasteiger partial charge in [0, 0.05) is 18.5 Å². The normalized spacial score (nSPS) is 17.5. The Labute approximate surface area is 297 Å². The molecule has 0 aromatic heterocycles. The lowest BCUT2D eigenvalue weighted by Crippen LogP contribution is -2.59. The lowest BCUT2D eigenvalue weighted by Gasteiger charge is -2.32. The second-order valence-corrected chi connectivity index (χ2v) is 13.6. The van der Waals surface area contributed by atoms with E-state index in [0.29, 0.717) is 11.1 Å². The average Bonchev–Trinajstić information content (AvgIpc) is 3.54. The number of aliphatic hydroxyl groups is 1. The van der Waals surface area contributed by atoms with Crippen LogP contribution in [0.5, 0.6) is 0 Å². The number of carbonyl (C=O) groups is 5. The number of hydrogen-bond donors (Lipinski definition) is 5. The molecule has 5 atom stereocenters. The number of amides is 5. The van der Waals surface area contributed by atoms with Crippen molar-refractivity contribution in [1.29, 1.82) is 0 Å². The molecule has 0 spiro atoms. The number of benzene rings is 3. The largest absolute Gasteiger partial charge is 0.445 e. The van der Waals surface area contributed by atoms with Gasteiger partial charge in [-0.1, -0.05) is 91.0 Å². The zero-order valence-corrected chi connectivity index (χ0v) is 29.1. The summed E-state index contributed by atoms with van der Waals surface area (Å²) in [5.74, 6) is -2.94. The van der Waals surface area contributed by atoms with E-state index < -0.39 is 72.0 Å². The van der Waals surface area contributed by atoms with Crippen LogP contribution in [0.25, 0.3) is 0 Å². The molecule has 3 aromatic rings. The molecule has 1 aliphatic heterocycles. The Morgan fingerprint density at radius 1 is 0.843 bits per heavy atom. The van der Waals surface area contributed by atoms with Crippen molar-refractivity contribution in [3.05, 3.63) is 108 Å². The van der Waals surface area contributed by atoms with Gasteiger partial charge in [-0.05, 0) is 43.9 Å². The van der Waals surface area contributed by atoms with Crippen molar-refractivity contribution >= 4 is 29.7 Å². The third-order valence-electron chi connectivity index (χ3n) is 8.16. The van der Waals surface area contributed by atoms with Gasteiger partial charge in [-0.2, -0.15) is 0 Å². The number of carbonyl (C=O) groups excluding carboxylic acids is 5. The maximum atomic E-state index is 14.1. The van der Waals surface area contributed by atoms with Crippen molar-refractivity contribution in [3.63, 3.8) is 0 Å². The number of rotatable bonds is 15. The summed E-state index contributed by atoms with van der Waals surface area (Å²) >= 11 is 0. The molecule has 0 saturated carbocycles. The third kappa shape index (κ3) is 12.2. The van der Waals surface area contributed by atoms with Gasteiger partial charge in [-0.25, -0.2) is 4.79 Å². The monoisotopic (exact) mass is 701 g/mol. The Hall–Kier alpha value is -5.27. The smallest absolute Gasteiger partial charge is 0.408 e. The van der Waals surface area contributed by atoms with Gasteiger partial charge in [0.2, 0.25) is 17.7 Å². The van der Waals surface area contributed by atoms with Crippen LogP contribution in [-0.4, -0.2) is 82.1 Å². The van der Waals surface area contributed by atoms with E-state index in [2.05, 4.69) is 16.0 Å². The first-order valence-electron chi connectivity index (χ1n) is 16.8. The molecule has 6 N–H and O–H groups in total. The van der Waals surface area contributed by atoms with Crippen LogP contribution in [0.4, 0.5) is 4.79 Å². The maximum absolute atomic E-state index is 14.1. The third-order valence-corrected chi connectivity index (χ3v) is 8.16. The number of nitrogens with zero attached hydrogens (tertiary/aromatic N) is 1. The van der Waals surface area contributed by atoms with Crippen molar-refractivity contribution < 1.29 is 38.6 Å². The van der Waals surface area contributed by atoms with Gasteiger partial charge in [0.1, 0.15) is 18.7 Å². The Balaban J connectivity index is 1.53. The van der Waals surface area contributed by atoms with Crippen LogP contribution in [0, 0.1) is 0 Å². The summed E-state index contributed by atoms with van der Waals surface area (Å²) in [6.45, 7) is 5.67. The summed E-state index contributed by atoms with van der Waals surface area (Å²) in [4.78, 5) is 67.1. The lowest BCUT2D eigenvalue weighted by molar-refractivity contribution is -0.147. The first-order valence-corrected chi connectivity index (χ1v) is 16.8. The van der Waals surface area contributed by atoms with E-state index in [-0.39, 0.29) is 32.6 Å². The molecule has 0 aliphatic carbocycles. The number of nitrogens with two attached hydrogens (primary N) is 1. The van der Waals surface area contributed by atoms with Crippen molar-refractivity contribution in [1.82, 2.24) is 20.9 Å². The topological polar surface area (TPSA) is 189 Å². The molecular weight excluding hydrogens is 654 g/mol. The van der Waals surface area contributed by atoms with Gasteiger partial charge in [-0.15, -0.1) is 0 Å². The van der Waals surface area contributed by atoms with Crippen LogP contribution in [0.1, 0.15) is 50.3 Å². The molecule has 51 heavy (non-hydrogen) atoms. The van der Waals surface area contributed by atoms with Crippen LogP contribution in [0.3, 0.4) is 0 Å². The highest BCUT2D eigenvalue weighted by Gasteiger charge is 2.44. The van der Waals surface area contributed by atoms with E-state index in [4.69, 9.17) is 15.2 Å². The molecule has 0 unspecified atom stereocenters. The van der Waals surface area contributed by atoms with Crippen LogP contribution in [0.15, 0.2) is 91.0 Å². The highest BCUT2D eigenvalue weighted by atomic mass is 16.5. The molecule has 5 amide bonds. The summed E-state index contributed by atoms with van der Waals surface area (Å²) in [7, 11) is 0. The molecule has 4 rings (SSSR count). The Kier molecular flexibility index (Phi) is 13.7. The van der Waals surface area contributed by atoms with Crippen molar-refractivity contribution in [2.45, 2.75) is 89.1 Å². The Morgan fingerprint density at radius 3 is 1.94 bits per heavy atom. The molecule has 272 valence electrons. The fourth-order valence-electron chi connectivity index (χ4n) is 5.70. The summed E-state index contributed by atoms with van der Waals surface area (Å²) in [5.41, 5.74) is 7.13. The Morgan fingerprint density at radius 2 is 1.39 bits per heavy atom. The van der Waals surface area contributed by atoms with Gasteiger partial charge in [0.25, 0.3) is 5.91 Å². The van der Waals surface area contributed by atoms with E-state index in [1.807, 2.05) is 57.2 Å². The van der Waals surface area contributed by atoms with Gasteiger partial charge in [0.05, 0.1) is 25.2 Å². The summed E-state index contributed by atoms with van der Waals surface area (Å²) in [6, 6.07) is 23.5. The molecule has 3 aromatic carbocycles. The number of primary amides is 1. The molecule has 13 nitrogen and oxygen atoms in total. The molecule has 13 heteroatoms. The summed E-state index contributed by atoms with van der Waals surface area (Å²) in [6.07, 6.45) is -3.68. The van der Waals surface area contributed by atoms with Crippen molar-refractivity contribution in [2.24, 2.45) is 5.73 Å². The lowest BCUT2D eigenvalue weighted by atomic mass is 9.99. The van der Waals surface area contributed by atoms with Crippen molar-refractivity contribution in [3.8, 4) is 0 Å². The number of aliphatic hydroxyl groups excluding tert-OH is 1. The molecule has 1 fully saturated rings. The Bertz CT molecular complexity index is 1620. The minimum absolute atomic E-state index is 0.00185. The maximum Gasteiger partial charge on any atom is 0.408 e. The van der Waals surface area contributed by atoms with Crippen LogP contribution in [0.2, 0.25) is 0 Å². The zero-order chi connectivity index (χ0) is 37.0. The number of ether oxygens (including phenoxy) is 2. The molecule has 0 bridgehead atoms. The van der Waals surface area contributed by atoms with Gasteiger partial charge < -0.3 is 41.2 Å². The van der Waals surface area contributed by atoms with E-state index in [1.165, 1.54) is 4.90 Å². The summed E-state index contributed by atoms with van der Waals surface area (Å²) in [5, 5.41) is 19.6. The number of alkyl carbamates (subject to hydrolysis) is 1. The fraction of sp³-hybridized carbons (Fsp3) is 0.395. The van der Waals surface area contributed by atoms with Crippen LogP contribution in [-0.2, 0) is 48.3 Å². The zero-order valence-electron chi connectivity index (χ0n) is 29.1. The highest BCUT2D eigenvalue weighted by Crippen LogP contribution is 2.25. The van der Waals surface area contributed by atoms with Crippen molar-refractivity contribution in [2.75, 3.05) is 6.54 Å². The minimum atomic E-state index is -1.83. The molecule has 0 radical (unpaired) electrons. The standard InChI is InChI=1S/C38H47N5O8/c1-38(2,3)42-35(47)31-20-28(50-23-26-15-9-5-10-16-26)22-43(31)36(48)33(45)29(19-25-13-7-4-8-14-25)40-34(46)30(21-32(39)44)41-37(49)51-24-27-17-11-6-12-18-27/h4-18,28-31,33,45H,19-24H2,1-3H3,(H2,39,44)(H,40,46)(H,41,49)(H,42,47)/t28-,29+,30+,31+,33+/m1/s1. The molecule has 1 saturated heterocycles. The van der Waals surface area contributed by atoms with E-state index in [1.54, 1.807) is 54.6 Å². The van der Waals surface area contributed by atoms with Gasteiger partial charge >= 0.3 is 6.09 Å². The number of nitrogens with one attached hydrogen (secondary N) is 3. The number of likely N-dealkylation sites (tertiary alicyclic amines) is 1. The predicted molar refractivity (Wildman–Crippen MR) is 188 cm³/mol.